The molecule has 2 heterocycles. The van der Waals surface area contributed by atoms with Crippen LogP contribution in [0.1, 0.15) is 31.2 Å². The molecule has 8 heteroatoms. The molecule has 0 N–H and O–H groups in total. The minimum Gasteiger partial charge on any atom is -0.494 e. The molecular weight excluding hydrogens is 398 g/mol. The van der Waals surface area contributed by atoms with Crippen LogP contribution >= 0.6 is 11.8 Å². The number of aromatic nitrogens is 5. The number of ether oxygens (including phenoxy) is 1. The molecule has 30 heavy (non-hydrogen) atoms. The maximum Gasteiger partial charge on any atom is 0.226 e. The van der Waals surface area contributed by atoms with Crippen LogP contribution < -0.4 is 4.74 Å². The zero-order valence-electron chi connectivity index (χ0n) is 17.2. The van der Waals surface area contributed by atoms with Crippen molar-refractivity contribution >= 4 is 11.8 Å². The van der Waals surface area contributed by atoms with E-state index in [9.17, 15) is 0 Å². The van der Waals surface area contributed by atoms with Crippen molar-refractivity contribution in [3.8, 4) is 22.8 Å². The average Bonchev–Trinajstić information content (AvgIpc) is 3.40. The van der Waals surface area contributed by atoms with Crippen molar-refractivity contribution in [1.29, 1.82) is 0 Å². The van der Waals surface area contributed by atoms with Crippen molar-refractivity contribution in [2.24, 2.45) is 0 Å². The van der Waals surface area contributed by atoms with E-state index in [2.05, 4.69) is 39.5 Å². The van der Waals surface area contributed by atoms with Crippen molar-refractivity contribution in [2.45, 2.75) is 38.1 Å². The third-order valence-electron chi connectivity index (χ3n) is 4.45. The molecule has 0 amide bonds. The molecule has 0 aliphatic rings. The molecular formula is C22H23N5O2S. The van der Waals surface area contributed by atoms with Crippen LogP contribution in [0.25, 0.3) is 17.1 Å². The van der Waals surface area contributed by atoms with E-state index < -0.39 is 0 Å². The number of hydrogen-bond acceptors (Lipinski definition) is 7. The van der Waals surface area contributed by atoms with Crippen LogP contribution in [0.3, 0.4) is 0 Å². The lowest BCUT2D eigenvalue weighted by molar-refractivity contribution is 0.340. The Hall–Kier alpha value is -3.13. The van der Waals surface area contributed by atoms with E-state index in [4.69, 9.17) is 9.15 Å². The van der Waals surface area contributed by atoms with Crippen molar-refractivity contribution < 1.29 is 9.15 Å². The molecule has 0 atom stereocenters. The summed E-state index contributed by atoms with van der Waals surface area (Å²) in [5.74, 6) is 3.36. The molecule has 4 aromatic rings. The first-order valence-corrected chi connectivity index (χ1v) is 10.9. The van der Waals surface area contributed by atoms with E-state index in [0.29, 0.717) is 24.1 Å². The van der Waals surface area contributed by atoms with E-state index in [1.165, 1.54) is 17.3 Å². The summed E-state index contributed by atoms with van der Waals surface area (Å²) in [7, 11) is 0. The predicted octanol–water partition coefficient (Wildman–Crippen LogP) is 4.88. The molecule has 7 nitrogen and oxygen atoms in total. The van der Waals surface area contributed by atoms with E-state index >= 15 is 0 Å². The van der Waals surface area contributed by atoms with Gasteiger partial charge in [-0.2, -0.15) is 0 Å². The van der Waals surface area contributed by atoms with Crippen LogP contribution in [0, 0.1) is 6.92 Å². The summed E-state index contributed by atoms with van der Waals surface area (Å²) < 4.78 is 13.3. The Kier molecular flexibility index (Phi) is 6.13. The molecule has 0 radical (unpaired) electrons. The van der Waals surface area contributed by atoms with Gasteiger partial charge in [0.1, 0.15) is 5.75 Å². The monoisotopic (exact) mass is 421 g/mol. The third kappa shape index (κ3) is 4.38. The van der Waals surface area contributed by atoms with Crippen LogP contribution in [0.4, 0.5) is 0 Å². The number of rotatable bonds is 8. The molecule has 2 aromatic carbocycles. The van der Waals surface area contributed by atoms with Crippen LogP contribution in [-0.4, -0.2) is 31.6 Å². The quantitative estimate of drug-likeness (QED) is 0.375. The second-order valence-corrected chi connectivity index (χ2v) is 7.61. The highest BCUT2D eigenvalue weighted by molar-refractivity contribution is 7.98. The molecule has 154 valence electrons. The topological polar surface area (TPSA) is 78.9 Å². The normalized spacial score (nSPS) is 11.0. The van der Waals surface area contributed by atoms with Crippen LogP contribution in [0.15, 0.2) is 58.1 Å². The van der Waals surface area contributed by atoms with E-state index in [1.807, 2.05) is 54.8 Å². The Balaban J connectivity index is 1.70. The van der Waals surface area contributed by atoms with Gasteiger partial charge in [0.15, 0.2) is 11.0 Å². The van der Waals surface area contributed by atoms with Gasteiger partial charge in [-0.3, -0.25) is 4.57 Å². The van der Waals surface area contributed by atoms with Crippen molar-refractivity contribution in [2.75, 3.05) is 6.61 Å². The summed E-state index contributed by atoms with van der Waals surface area (Å²) in [5.41, 5.74) is 3.14. The second-order valence-electron chi connectivity index (χ2n) is 6.67. The first-order valence-electron chi connectivity index (χ1n) is 9.87. The van der Waals surface area contributed by atoms with Gasteiger partial charge in [0.05, 0.1) is 12.4 Å². The Morgan fingerprint density at radius 3 is 2.47 bits per heavy atom. The number of thioether (sulfide) groups is 1. The van der Waals surface area contributed by atoms with Crippen molar-refractivity contribution in [3.63, 3.8) is 0 Å². The summed E-state index contributed by atoms with van der Waals surface area (Å²) >= 11 is 1.51. The van der Waals surface area contributed by atoms with Gasteiger partial charge in [-0.05, 0) is 44.2 Å². The molecule has 0 aliphatic carbocycles. The fraction of sp³-hybridized carbons (Fsp3) is 0.273. The van der Waals surface area contributed by atoms with Crippen LogP contribution in [-0.2, 0) is 12.2 Å². The molecule has 0 bridgehead atoms. The number of aryl methyl sites for hydroxylation is 2. The van der Waals surface area contributed by atoms with Crippen LogP contribution in [0.5, 0.6) is 5.75 Å². The molecule has 0 unspecified atom stereocenters. The average molecular weight is 422 g/mol. The maximum atomic E-state index is 5.63. The third-order valence-corrected chi connectivity index (χ3v) is 5.37. The largest absolute Gasteiger partial charge is 0.494 e. The highest BCUT2D eigenvalue weighted by Crippen LogP contribution is 2.30. The standard InChI is InChI=1S/C22H23N5O2S/c1-4-19-23-24-20(29-19)14-30-22-26-25-21(16-8-6-7-15(3)13-16)27(22)17-9-11-18(12-10-17)28-5-2/h6-13H,4-5,14H2,1-3H3. The van der Waals surface area contributed by atoms with Gasteiger partial charge in [0.2, 0.25) is 11.8 Å². The van der Waals surface area contributed by atoms with E-state index in [0.717, 1.165) is 34.4 Å². The highest BCUT2D eigenvalue weighted by atomic mass is 32.2. The predicted molar refractivity (Wildman–Crippen MR) is 116 cm³/mol. The molecule has 0 saturated heterocycles. The van der Waals surface area contributed by atoms with Gasteiger partial charge < -0.3 is 9.15 Å². The Labute approximate surface area is 179 Å². The summed E-state index contributed by atoms with van der Waals surface area (Å²) in [6.07, 6.45) is 0.720. The molecule has 2 aromatic heterocycles. The fourth-order valence-corrected chi connectivity index (χ4v) is 3.83. The van der Waals surface area contributed by atoms with Gasteiger partial charge in [-0.1, -0.05) is 42.4 Å². The van der Waals surface area contributed by atoms with Gasteiger partial charge in [0, 0.05) is 17.7 Å². The van der Waals surface area contributed by atoms with Crippen molar-refractivity contribution in [1.82, 2.24) is 25.0 Å². The lowest BCUT2D eigenvalue weighted by Gasteiger charge is -2.11. The van der Waals surface area contributed by atoms with Crippen LogP contribution in [0.2, 0.25) is 0 Å². The zero-order chi connectivity index (χ0) is 20.9. The van der Waals surface area contributed by atoms with Gasteiger partial charge in [0.25, 0.3) is 0 Å². The smallest absolute Gasteiger partial charge is 0.226 e. The second kappa shape index (κ2) is 9.13. The molecule has 0 fully saturated rings. The lowest BCUT2D eigenvalue weighted by atomic mass is 10.1. The first kappa shape index (κ1) is 20.2. The summed E-state index contributed by atoms with van der Waals surface area (Å²) in [6, 6.07) is 16.2. The fourth-order valence-electron chi connectivity index (χ4n) is 3.04. The minimum atomic E-state index is 0.524. The van der Waals surface area contributed by atoms with Crippen molar-refractivity contribution in [3.05, 3.63) is 65.9 Å². The highest BCUT2D eigenvalue weighted by Gasteiger charge is 2.18. The Bertz CT molecular complexity index is 1120. The molecule has 0 spiro atoms. The SMILES string of the molecule is CCOc1ccc(-n2c(SCc3nnc(CC)o3)nnc2-c2cccc(C)c2)cc1. The molecule has 4 rings (SSSR count). The van der Waals surface area contributed by atoms with Gasteiger partial charge in [-0.25, -0.2) is 0 Å². The maximum absolute atomic E-state index is 5.63. The molecule has 0 saturated carbocycles. The van der Waals surface area contributed by atoms with Gasteiger partial charge in [-0.15, -0.1) is 20.4 Å². The number of benzene rings is 2. The van der Waals surface area contributed by atoms with E-state index in [1.54, 1.807) is 0 Å². The van der Waals surface area contributed by atoms with E-state index in [-0.39, 0.29) is 0 Å². The summed E-state index contributed by atoms with van der Waals surface area (Å²) in [6.45, 7) is 6.66. The number of hydrogen-bond donors (Lipinski definition) is 0. The number of nitrogens with zero attached hydrogens (tertiary/aromatic N) is 5. The minimum absolute atomic E-state index is 0.524. The lowest BCUT2D eigenvalue weighted by Crippen LogP contribution is -2.00. The Morgan fingerprint density at radius 2 is 1.77 bits per heavy atom. The first-order chi connectivity index (χ1) is 14.7. The van der Waals surface area contributed by atoms with Gasteiger partial charge >= 0.3 is 0 Å². The summed E-state index contributed by atoms with van der Waals surface area (Å²) in [4.78, 5) is 0. The molecule has 0 aliphatic heterocycles. The Morgan fingerprint density at radius 1 is 0.967 bits per heavy atom. The summed E-state index contributed by atoms with van der Waals surface area (Å²) in [5, 5.41) is 17.8. The zero-order valence-corrected chi connectivity index (χ0v) is 18.0.